The smallest absolute Gasteiger partial charge is 0.261 e. The van der Waals surface area contributed by atoms with Crippen molar-refractivity contribution in [2.24, 2.45) is 17.8 Å². The molecule has 3 rings (SSSR count). The third-order valence-electron chi connectivity index (χ3n) is 4.76. The third-order valence-corrected chi connectivity index (χ3v) is 5.76. The van der Waals surface area contributed by atoms with E-state index in [1.165, 1.54) is 30.6 Å². The average molecular weight is 263 g/mol. The molecule has 1 N–H and O–H groups in total. The molecule has 2 aliphatic carbocycles. The van der Waals surface area contributed by atoms with Crippen LogP contribution in [-0.2, 0) is 0 Å². The third kappa shape index (κ3) is 2.20. The standard InChI is InChI=1S/C15H21NOS/c1-9-3-6-14(18-9)15(17)16-10(2)13-8-11-4-5-12(13)7-11/h3,6,10-13H,4-5,7-8H2,1-2H3,(H,16,17)/t10-,11-,12-,13-/m0/s1. The van der Waals surface area contributed by atoms with E-state index >= 15 is 0 Å². The van der Waals surface area contributed by atoms with E-state index in [2.05, 4.69) is 12.2 Å². The van der Waals surface area contributed by atoms with Crippen molar-refractivity contribution in [3.63, 3.8) is 0 Å². The van der Waals surface area contributed by atoms with Gasteiger partial charge in [0.25, 0.3) is 5.91 Å². The van der Waals surface area contributed by atoms with Crippen molar-refractivity contribution in [2.45, 2.75) is 45.6 Å². The molecule has 1 heterocycles. The largest absolute Gasteiger partial charge is 0.349 e. The Morgan fingerprint density at radius 2 is 2.22 bits per heavy atom. The Kier molecular flexibility index (Phi) is 3.18. The number of hydrogen-bond donors (Lipinski definition) is 1. The van der Waals surface area contributed by atoms with Crippen molar-refractivity contribution < 1.29 is 4.79 Å². The molecular weight excluding hydrogens is 242 g/mol. The van der Waals surface area contributed by atoms with Crippen LogP contribution in [0, 0.1) is 24.7 Å². The number of hydrogen-bond acceptors (Lipinski definition) is 2. The van der Waals surface area contributed by atoms with Crippen LogP contribution < -0.4 is 5.32 Å². The van der Waals surface area contributed by atoms with Gasteiger partial charge >= 0.3 is 0 Å². The maximum absolute atomic E-state index is 12.1. The minimum Gasteiger partial charge on any atom is -0.349 e. The van der Waals surface area contributed by atoms with Crippen LogP contribution in [0.4, 0.5) is 0 Å². The van der Waals surface area contributed by atoms with E-state index in [9.17, 15) is 4.79 Å². The number of thiophene rings is 1. The molecule has 0 aliphatic heterocycles. The van der Waals surface area contributed by atoms with Gasteiger partial charge in [0.15, 0.2) is 0 Å². The summed E-state index contributed by atoms with van der Waals surface area (Å²) in [6.45, 7) is 4.23. The van der Waals surface area contributed by atoms with Gasteiger partial charge in [-0.3, -0.25) is 4.79 Å². The topological polar surface area (TPSA) is 29.1 Å². The molecule has 0 radical (unpaired) electrons. The maximum Gasteiger partial charge on any atom is 0.261 e. The number of amides is 1. The number of carbonyl (C=O) groups is 1. The lowest BCUT2D eigenvalue weighted by atomic mass is 9.84. The lowest BCUT2D eigenvalue weighted by Gasteiger charge is -2.28. The Balaban J connectivity index is 1.61. The highest BCUT2D eigenvalue weighted by atomic mass is 32.1. The second-order valence-electron chi connectivity index (χ2n) is 6.01. The van der Waals surface area contributed by atoms with Gasteiger partial charge in [-0.2, -0.15) is 0 Å². The Morgan fingerprint density at radius 1 is 1.39 bits per heavy atom. The molecule has 1 amide bonds. The first-order valence-electron chi connectivity index (χ1n) is 7.01. The van der Waals surface area contributed by atoms with Crippen molar-refractivity contribution in [3.8, 4) is 0 Å². The van der Waals surface area contributed by atoms with Crippen LogP contribution in [0.5, 0.6) is 0 Å². The summed E-state index contributed by atoms with van der Waals surface area (Å²) in [6.07, 6.45) is 5.54. The minimum atomic E-state index is 0.114. The molecule has 0 saturated heterocycles. The Hall–Kier alpha value is -0.830. The highest BCUT2D eigenvalue weighted by Gasteiger charge is 2.42. The highest BCUT2D eigenvalue weighted by Crippen LogP contribution is 2.49. The second kappa shape index (κ2) is 4.69. The molecule has 4 atom stereocenters. The van der Waals surface area contributed by atoms with Gasteiger partial charge < -0.3 is 5.32 Å². The van der Waals surface area contributed by atoms with E-state index in [0.29, 0.717) is 12.0 Å². The van der Waals surface area contributed by atoms with Crippen molar-refractivity contribution in [1.29, 1.82) is 0 Å². The summed E-state index contributed by atoms with van der Waals surface area (Å²) in [5.41, 5.74) is 0. The van der Waals surface area contributed by atoms with E-state index in [1.54, 1.807) is 11.3 Å². The Morgan fingerprint density at radius 3 is 2.78 bits per heavy atom. The van der Waals surface area contributed by atoms with E-state index < -0.39 is 0 Å². The lowest BCUT2D eigenvalue weighted by Crippen LogP contribution is -2.39. The van der Waals surface area contributed by atoms with Crippen LogP contribution in [-0.4, -0.2) is 11.9 Å². The maximum atomic E-state index is 12.1. The zero-order valence-electron chi connectivity index (χ0n) is 11.1. The first kappa shape index (κ1) is 12.2. The molecule has 98 valence electrons. The molecule has 2 saturated carbocycles. The highest BCUT2D eigenvalue weighted by molar-refractivity contribution is 7.13. The molecule has 0 aromatic carbocycles. The predicted molar refractivity (Wildman–Crippen MR) is 74.9 cm³/mol. The number of nitrogens with one attached hydrogen (secondary N) is 1. The van der Waals surface area contributed by atoms with Crippen LogP contribution in [0.3, 0.4) is 0 Å². The number of rotatable bonds is 3. The van der Waals surface area contributed by atoms with E-state index in [1.807, 2.05) is 19.1 Å². The normalized spacial score (nSPS) is 31.6. The van der Waals surface area contributed by atoms with E-state index in [4.69, 9.17) is 0 Å². The van der Waals surface area contributed by atoms with Crippen molar-refractivity contribution in [2.75, 3.05) is 0 Å². The summed E-state index contributed by atoms with van der Waals surface area (Å²) < 4.78 is 0. The zero-order chi connectivity index (χ0) is 12.7. The molecule has 0 unspecified atom stereocenters. The average Bonchev–Trinajstić information content (AvgIpc) is 3.03. The fraction of sp³-hybridized carbons (Fsp3) is 0.667. The molecule has 2 nitrogen and oxygen atoms in total. The Bertz CT molecular complexity index is 453. The van der Waals surface area contributed by atoms with E-state index in [-0.39, 0.29) is 5.91 Å². The molecule has 1 aromatic heterocycles. The monoisotopic (exact) mass is 263 g/mol. The summed E-state index contributed by atoms with van der Waals surface area (Å²) in [4.78, 5) is 14.2. The first-order chi connectivity index (χ1) is 8.63. The van der Waals surface area contributed by atoms with Crippen molar-refractivity contribution >= 4 is 17.2 Å². The number of fused-ring (bicyclic) bond motifs is 2. The molecule has 2 fully saturated rings. The van der Waals surface area contributed by atoms with Crippen LogP contribution >= 0.6 is 11.3 Å². The van der Waals surface area contributed by atoms with Crippen LogP contribution in [0.1, 0.15) is 47.2 Å². The van der Waals surface area contributed by atoms with Gasteiger partial charge in [-0.05, 0) is 63.0 Å². The summed E-state index contributed by atoms with van der Waals surface area (Å²) in [5.74, 6) is 2.65. The van der Waals surface area contributed by atoms with Gasteiger partial charge in [0.05, 0.1) is 4.88 Å². The number of carbonyl (C=O) groups excluding carboxylic acids is 1. The molecule has 18 heavy (non-hydrogen) atoms. The zero-order valence-corrected chi connectivity index (χ0v) is 11.9. The van der Waals surface area contributed by atoms with Crippen LogP contribution in [0.25, 0.3) is 0 Å². The van der Waals surface area contributed by atoms with E-state index in [0.717, 1.165) is 16.7 Å². The summed E-state index contributed by atoms with van der Waals surface area (Å²) >= 11 is 1.58. The minimum absolute atomic E-state index is 0.114. The van der Waals surface area contributed by atoms with Crippen LogP contribution in [0.2, 0.25) is 0 Å². The molecule has 0 spiro atoms. The quantitative estimate of drug-likeness (QED) is 0.887. The SMILES string of the molecule is Cc1ccc(C(=O)N[C@@H](C)[C@@H]2C[C@H]3CC[C@H]2C3)s1. The first-order valence-corrected chi connectivity index (χ1v) is 7.82. The van der Waals surface area contributed by atoms with Crippen molar-refractivity contribution in [3.05, 3.63) is 21.9 Å². The summed E-state index contributed by atoms with van der Waals surface area (Å²) in [7, 11) is 0. The Labute approximate surface area is 113 Å². The van der Waals surface area contributed by atoms with Gasteiger partial charge in [0.1, 0.15) is 0 Å². The predicted octanol–water partition coefficient (Wildman–Crippen LogP) is 3.61. The molecule has 1 aromatic rings. The lowest BCUT2D eigenvalue weighted by molar-refractivity contribution is 0.0919. The molecular formula is C15H21NOS. The van der Waals surface area contributed by atoms with Gasteiger partial charge in [0.2, 0.25) is 0 Å². The van der Waals surface area contributed by atoms with Gasteiger partial charge in [0, 0.05) is 10.9 Å². The molecule has 2 aliphatic rings. The fourth-order valence-corrected chi connectivity index (χ4v) is 4.62. The number of aryl methyl sites for hydroxylation is 1. The summed E-state index contributed by atoms with van der Waals surface area (Å²) in [6, 6.07) is 4.28. The van der Waals surface area contributed by atoms with Crippen LogP contribution in [0.15, 0.2) is 12.1 Å². The van der Waals surface area contributed by atoms with Crippen molar-refractivity contribution in [1.82, 2.24) is 5.32 Å². The fourth-order valence-electron chi connectivity index (χ4n) is 3.85. The molecule has 2 bridgehead atoms. The van der Waals surface area contributed by atoms with Gasteiger partial charge in [-0.1, -0.05) is 6.42 Å². The molecule has 3 heteroatoms. The van der Waals surface area contributed by atoms with Gasteiger partial charge in [-0.25, -0.2) is 0 Å². The van der Waals surface area contributed by atoms with Gasteiger partial charge in [-0.15, -0.1) is 11.3 Å². The summed E-state index contributed by atoms with van der Waals surface area (Å²) in [5, 5.41) is 3.21. The second-order valence-corrected chi connectivity index (χ2v) is 7.30.